The molecule has 0 amide bonds. The van der Waals surface area contributed by atoms with Gasteiger partial charge in [0.1, 0.15) is 6.10 Å². The summed E-state index contributed by atoms with van der Waals surface area (Å²) in [7, 11) is -12.4. The quantitative estimate of drug-likeness (QED) is 0.112. The summed E-state index contributed by atoms with van der Waals surface area (Å²) in [5.74, 6) is -0.230. The lowest BCUT2D eigenvalue weighted by atomic mass is 9.90. The van der Waals surface area contributed by atoms with Crippen LogP contribution in [0.15, 0.2) is 15.8 Å². The van der Waals surface area contributed by atoms with Crippen molar-refractivity contribution in [3.05, 3.63) is 32.6 Å². The van der Waals surface area contributed by atoms with Crippen molar-refractivity contribution in [1.82, 2.24) is 9.97 Å². The van der Waals surface area contributed by atoms with Crippen molar-refractivity contribution in [2.45, 2.75) is 39.4 Å². The predicted octanol–water partition coefficient (Wildman–Crippen LogP) is 0.995. The maximum atomic E-state index is 11.9. The molecule has 1 heterocycles. The van der Waals surface area contributed by atoms with Gasteiger partial charge in [0, 0.05) is 11.8 Å². The zero-order valence-corrected chi connectivity index (χ0v) is 20.7. The first-order valence-corrected chi connectivity index (χ1v) is 13.3. The first kappa shape index (κ1) is 30.0. The molecule has 0 aliphatic heterocycles. The summed E-state index contributed by atoms with van der Waals surface area (Å²) in [4.78, 5) is 37.2. The van der Waals surface area contributed by atoms with Crippen molar-refractivity contribution in [2.75, 3.05) is 13.2 Å². The predicted molar refractivity (Wildman–Crippen MR) is 112 cm³/mol. The maximum Gasteiger partial charge on any atom is 0.479 e. The van der Waals surface area contributed by atoms with Crippen molar-refractivity contribution >= 4 is 24.3 Å². The second-order valence-electron chi connectivity index (χ2n) is 7.03. The van der Waals surface area contributed by atoms with Gasteiger partial charge < -0.3 is 19.7 Å². The lowest BCUT2D eigenvalue weighted by molar-refractivity contribution is -0.182. The third-order valence-electron chi connectivity index (χ3n) is 4.23. The fourth-order valence-corrected chi connectivity index (χ4v) is 4.32. The van der Waals surface area contributed by atoms with Gasteiger partial charge in [-0.3, -0.25) is 23.4 Å². The number of aromatic nitrogens is 2. The molecular formula is C14H27N2O14P3. The lowest BCUT2D eigenvalue weighted by Crippen LogP contribution is -2.34. The number of phosphoric acid groups is 1. The molecule has 5 N–H and O–H groups in total. The molecule has 0 radical (unpaired) electrons. The highest BCUT2D eigenvalue weighted by atomic mass is 31.2. The number of ether oxygens (including phenoxy) is 1. The molecule has 0 aliphatic carbocycles. The summed E-state index contributed by atoms with van der Waals surface area (Å²) in [6.07, 6.45) is -0.761. The highest BCUT2D eigenvalue weighted by Crippen LogP contribution is 2.53. The van der Waals surface area contributed by atoms with Gasteiger partial charge >= 0.3 is 30.0 Å². The van der Waals surface area contributed by atoms with Crippen LogP contribution in [0.25, 0.3) is 0 Å². The molecule has 0 saturated heterocycles. The van der Waals surface area contributed by atoms with Crippen molar-refractivity contribution in [3.63, 3.8) is 0 Å². The molecule has 0 bridgehead atoms. The zero-order chi connectivity index (χ0) is 25.2. The summed E-state index contributed by atoms with van der Waals surface area (Å²) < 4.78 is 59.2. The van der Waals surface area contributed by atoms with Crippen LogP contribution < -0.4 is 11.2 Å². The van der Waals surface area contributed by atoms with Crippen LogP contribution >= 0.6 is 24.3 Å². The topological polar surface area (TPSA) is 233 Å². The Hall–Kier alpha value is -0.990. The van der Waals surface area contributed by atoms with Crippen molar-refractivity contribution in [2.24, 2.45) is 11.8 Å². The number of aromatic amines is 2. The Kier molecular flexibility index (Phi) is 13.1. The van der Waals surface area contributed by atoms with E-state index < -0.39 is 54.4 Å². The molecular weight excluding hydrogens is 513 g/mol. The second kappa shape index (κ2) is 14.4. The molecule has 19 heteroatoms. The zero-order valence-electron chi connectivity index (χ0n) is 17.8. The monoisotopic (exact) mass is 540 g/mol. The van der Waals surface area contributed by atoms with E-state index >= 15 is 0 Å². The summed E-state index contributed by atoms with van der Waals surface area (Å²) in [5, 5.41) is 17.9. The van der Waals surface area contributed by atoms with Crippen LogP contribution in [0.1, 0.15) is 26.3 Å². The fraction of sp³-hybridized carbons (Fsp3) is 0.714. The van der Waals surface area contributed by atoms with Gasteiger partial charge in [-0.15, -0.1) is 9.35 Å². The number of rotatable bonds is 16. The van der Waals surface area contributed by atoms with Crippen LogP contribution in [-0.4, -0.2) is 50.6 Å². The van der Waals surface area contributed by atoms with E-state index in [-0.39, 0.29) is 24.9 Å². The SMILES string of the molecule is CC(C)C(COC(COP(=O)(O)O[PH](=O)OO[PH](=O)OO)[C@@H](C)O)Cc1c[nH]c(=O)[nH]c1=O. The number of hydrogen-bond donors (Lipinski definition) is 5. The minimum absolute atomic E-state index is 0.00867. The van der Waals surface area contributed by atoms with Gasteiger partial charge in [-0.1, -0.05) is 13.8 Å². The number of H-pyrrole nitrogens is 2. The van der Waals surface area contributed by atoms with Gasteiger partial charge in [0.25, 0.3) is 5.56 Å². The Bertz CT molecular complexity index is 948. The third kappa shape index (κ3) is 11.8. The van der Waals surface area contributed by atoms with Crippen molar-refractivity contribution in [1.29, 1.82) is 0 Å². The van der Waals surface area contributed by atoms with E-state index in [0.29, 0.717) is 5.56 Å². The largest absolute Gasteiger partial charge is 0.479 e. The van der Waals surface area contributed by atoms with Gasteiger partial charge in [0.15, 0.2) is 0 Å². The molecule has 1 aromatic rings. The highest BCUT2D eigenvalue weighted by molar-refractivity contribution is 7.56. The Balaban J connectivity index is 2.67. The van der Waals surface area contributed by atoms with Gasteiger partial charge in [-0.2, -0.15) is 4.67 Å². The highest BCUT2D eigenvalue weighted by Gasteiger charge is 2.30. The maximum absolute atomic E-state index is 11.9. The number of hydrogen-bond acceptors (Lipinski definition) is 13. The van der Waals surface area contributed by atoms with E-state index in [0.717, 1.165) is 0 Å². The van der Waals surface area contributed by atoms with Crippen LogP contribution in [-0.2, 0) is 47.7 Å². The van der Waals surface area contributed by atoms with Crippen LogP contribution in [0.5, 0.6) is 0 Å². The molecule has 0 spiro atoms. The summed E-state index contributed by atoms with van der Waals surface area (Å²) in [5.41, 5.74) is -0.870. The van der Waals surface area contributed by atoms with E-state index in [9.17, 15) is 33.3 Å². The Morgan fingerprint density at radius 2 is 1.76 bits per heavy atom. The molecule has 0 aliphatic rings. The van der Waals surface area contributed by atoms with E-state index in [1.54, 1.807) is 0 Å². The Morgan fingerprint density at radius 3 is 2.30 bits per heavy atom. The lowest BCUT2D eigenvalue weighted by Gasteiger charge is -2.26. The van der Waals surface area contributed by atoms with E-state index in [1.165, 1.54) is 13.1 Å². The van der Waals surface area contributed by atoms with E-state index in [1.807, 2.05) is 13.8 Å². The van der Waals surface area contributed by atoms with Crippen molar-refractivity contribution in [3.8, 4) is 0 Å². The fourth-order valence-electron chi connectivity index (χ4n) is 2.32. The number of nitrogens with one attached hydrogen (secondary N) is 2. The number of aliphatic hydroxyl groups is 1. The van der Waals surface area contributed by atoms with Gasteiger partial charge in [0.2, 0.25) is 0 Å². The second-order valence-corrected chi connectivity index (χ2v) is 10.5. The third-order valence-corrected chi connectivity index (χ3v) is 6.98. The van der Waals surface area contributed by atoms with Crippen LogP contribution in [0.3, 0.4) is 0 Å². The minimum atomic E-state index is -4.98. The number of phosphoric ester groups is 1. The average molecular weight is 540 g/mol. The smallest absolute Gasteiger partial charge is 0.391 e. The summed E-state index contributed by atoms with van der Waals surface area (Å²) in [6.45, 7) is 4.42. The van der Waals surface area contributed by atoms with Gasteiger partial charge in [-0.05, 0) is 25.2 Å². The van der Waals surface area contributed by atoms with Gasteiger partial charge in [-0.25, -0.2) is 18.9 Å². The first-order chi connectivity index (χ1) is 15.3. The molecule has 192 valence electrons. The average Bonchev–Trinajstić information content (AvgIpc) is 2.71. The van der Waals surface area contributed by atoms with Crippen LogP contribution in [0.4, 0.5) is 0 Å². The molecule has 1 rings (SSSR count). The van der Waals surface area contributed by atoms with E-state index in [4.69, 9.17) is 9.99 Å². The normalized spacial score (nSPS) is 18.4. The summed E-state index contributed by atoms with van der Waals surface area (Å²) in [6, 6.07) is 0. The standard InChI is InChI=1S/C14H27N2O14P3/c1-8(2)11(4-10-5-15-14(19)16-13(10)18)6-25-12(9(3)17)7-26-33(23,24)30-32(22)29-28-31(21)27-20/h5,8-9,11-12,17,20,31-32H,4,6-7H2,1-3H3,(H,23,24)(H2,15,16,18,19)/t9-,11?,12?/m1/s1. The Labute approximate surface area is 188 Å². The molecule has 0 aromatic carbocycles. The minimum Gasteiger partial charge on any atom is -0.391 e. The molecule has 1 aromatic heterocycles. The van der Waals surface area contributed by atoms with Crippen LogP contribution in [0, 0.1) is 11.8 Å². The van der Waals surface area contributed by atoms with Gasteiger partial charge in [0.05, 0.1) is 19.3 Å². The molecule has 33 heavy (non-hydrogen) atoms. The molecule has 0 saturated carbocycles. The van der Waals surface area contributed by atoms with E-state index in [2.05, 4.69) is 32.8 Å². The summed E-state index contributed by atoms with van der Waals surface area (Å²) >= 11 is 0. The molecule has 5 unspecified atom stereocenters. The molecule has 6 atom stereocenters. The van der Waals surface area contributed by atoms with Crippen LogP contribution in [0.2, 0.25) is 0 Å². The Morgan fingerprint density at radius 1 is 1.12 bits per heavy atom. The molecule has 16 nitrogen and oxygen atoms in total. The first-order valence-electron chi connectivity index (χ1n) is 9.36. The molecule has 0 fully saturated rings. The van der Waals surface area contributed by atoms with Crippen molar-refractivity contribution < 1.29 is 56.5 Å². The number of aliphatic hydroxyl groups excluding tert-OH is 1.